The third-order valence-electron chi connectivity index (χ3n) is 0.897. The lowest BCUT2D eigenvalue weighted by atomic mass is 10.4. The fraction of sp³-hybridized carbons (Fsp3) is 0.273. The Morgan fingerprint density at radius 1 is 1.06 bits per heavy atom. The van der Waals surface area contributed by atoms with Crippen LogP contribution < -0.4 is 0 Å². The van der Waals surface area contributed by atoms with Crippen LogP contribution in [0.3, 0.4) is 0 Å². The van der Waals surface area contributed by atoms with Crippen molar-refractivity contribution >= 4 is 11.9 Å². The number of hydrogen-bond donors (Lipinski definition) is 2. The molecule has 0 aliphatic carbocycles. The minimum absolute atomic E-state index is 0.176. The molecule has 0 saturated carbocycles. The second kappa shape index (κ2) is 13.0. The van der Waals surface area contributed by atoms with Crippen LogP contribution in [-0.4, -0.2) is 29.3 Å². The van der Waals surface area contributed by atoms with Crippen LogP contribution in [0.2, 0.25) is 0 Å². The van der Waals surface area contributed by atoms with Gasteiger partial charge in [0.2, 0.25) is 0 Å². The van der Waals surface area contributed by atoms with E-state index in [-0.39, 0.29) is 11.1 Å². The van der Waals surface area contributed by atoms with Gasteiger partial charge in [0.25, 0.3) is 0 Å². The van der Waals surface area contributed by atoms with Gasteiger partial charge in [0.05, 0.1) is 13.4 Å². The summed E-state index contributed by atoms with van der Waals surface area (Å²) in [4.78, 5) is 19.2. The number of ether oxygens (including phenoxy) is 1. The third kappa shape index (κ3) is 29.7. The maximum atomic E-state index is 9.60. The average molecular weight is 230 g/mol. The molecule has 0 saturated heterocycles. The van der Waals surface area contributed by atoms with Crippen LogP contribution in [0.4, 0.5) is 0 Å². The van der Waals surface area contributed by atoms with E-state index in [1.807, 2.05) is 0 Å². The van der Waals surface area contributed by atoms with Gasteiger partial charge >= 0.3 is 11.9 Å². The largest absolute Gasteiger partial charge is 0.505 e. The highest BCUT2D eigenvalue weighted by molar-refractivity contribution is 5.85. The monoisotopic (exact) mass is 230 g/mol. The Hall–Kier alpha value is -2.04. The quantitative estimate of drug-likeness (QED) is 0.572. The van der Waals surface area contributed by atoms with Gasteiger partial charge in [-0.1, -0.05) is 19.7 Å². The Morgan fingerprint density at radius 2 is 1.19 bits per heavy atom. The Kier molecular flexibility index (Phi) is 15.8. The highest BCUT2D eigenvalue weighted by Crippen LogP contribution is 1.81. The molecule has 0 aliphatic heterocycles. The molecule has 0 bridgehead atoms. The zero-order valence-corrected chi connectivity index (χ0v) is 9.82. The molecule has 0 aromatic rings. The van der Waals surface area contributed by atoms with Crippen molar-refractivity contribution in [3.63, 3.8) is 0 Å². The van der Waals surface area contributed by atoms with Gasteiger partial charge in [-0.05, 0) is 13.8 Å². The summed E-state index contributed by atoms with van der Waals surface area (Å²) in [6, 6.07) is 0. The molecule has 0 amide bonds. The molecule has 0 heterocycles. The molecule has 0 atom stereocenters. The zero-order chi connectivity index (χ0) is 13.7. The molecular weight excluding hydrogens is 212 g/mol. The zero-order valence-electron chi connectivity index (χ0n) is 9.82. The lowest BCUT2D eigenvalue weighted by Crippen LogP contribution is -1.92. The molecule has 0 rings (SSSR count). The van der Waals surface area contributed by atoms with Crippen molar-refractivity contribution in [3.8, 4) is 0 Å². The van der Waals surface area contributed by atoms with Gasteiger partial charge in [-0.2, -0.15) is 0 Å². The number of aliphatic carboxylic acids is 2. The molecule has 0 radical (unpaired) electrons. The smallest absolute Gasteiger partial charge is 0.330 e. The van der Waals surface area contributed by atoms with E-state index in [9.17, 15) is 9.59 Å². The molecule has 0 aliphatic rings. The molecule has 16 heavy (non-hydrogen) atoms. The van der Waals surface area contributed by atoms with Crippen LogP contribution in [0.15, 0.2) is 37.1 Å². The Bertz CT molecular complexity index is 218. The normalized spacial score (nSPS) is 6.94. The van der Waals surface area contributed by atoms with Crippen molar-refractivity contribution in [2.45, 2.75) is 13.8 Å². The molecule has 5 heteroatoms. The first kappa shape index (κ1) is 19.5. The fourth-order valence-electron chi connectivity index (χ4n) is 0. The number of methoxy groups -OCH3 is 1. The van der Waals surface area contributed by atoms with Gasteiger partial charge < -0.3 is 14.9 Å². The number of hydrogen-bond acceptors (Lipinski definition) is 3. The van der Waals surface area contributed by atoms with E-state index in [0.29, 0.717) is 0 Å². The van der Waals surface area contributed by atoms with Crippen LogP contribution in [0, 0.1) is 0 Å². The Labute approximate surface area is 95.4 Å². The number of carboxylic acids is 2. The summed E-state index contributed by atoms with van der Waals surface area (Å²) in [5.41, 5.74) is 0.352. The minimum atomic E-state index is -0.935. The molecule has 92 valence electrons. The van der Waals surface area contributed by atoms with E-state index in [2.05, 4.69) is 24.5 Å². The lowest BCUT2D eigenvalue weighted by Gasteiger charge is -1.79. The number of carbonyl (C=O) groups is 2. The first-order chi connectivity index (χ1) is 7.20. The predicted octanol–water partition coefficient (Wildman–Crippen LogP) is 2.07. The fourth-order valence-corrected chi connectivity index (χ4v) is 0. The van der Waals surface area contributed by atoms with Crippen LogP contribution in [-0.2, 0) is 14.3 Å². The third-order valence-corrected chi connectivity index (χ3v) is 0.897. The number of carboxylic acid groups (broad SMARTS) is 2. The van der Waals surface area contributed by atoms with Crippen molar-refractivity contribution in [2.24, 2.45) is 0 Å². The van der Waals surface area contributed by atoms with Crippen LogP contribution in [0.25, 0.3) is 0 Å². The van der Waals surface area contributed by atoms with Gasteiger partial charge in [0.1, 0.15) is 0 Å². The van der Waals surface area contributed by atoms with Crippen LogP contribution >= 0.6 is 0 Å². The standard InChI is InChI=1S/2C4H6O2.C3H6O/c2*1-3(2)4(5)6;1-3-4-2/h2*1H2,2H3,(H,5,6);3H,1H2,2H3. The summed E-state index contributed by atoms with van der Waals surface area (Å²) in [7, 11) is 1.56. The lowest BCUT2D eigenvalue weighted by molar-refractivity contribution is -0.133. The van der Waals surface area contributed by atoms with Gasteiger partial charge in [0, 0.05) is 11.1 Å². The molecule has 5 nitrogen and oxygen atoms in total. The van der Waals surface area contributed by atoms with Crippen molar-refractivity contribution in [2.75, 3.05) is 7.11 Å². The van der Waals surface area contributed by atoms with E-state index in [4.69, 9.17) is 10.2 Å². The summed E-state index contributed by atoms with van der Waals surface area (Å²) in [6.45, 7) is 12.5. The maximum Gasteiger partial charge on any atom is 0.330 e. The van der Waals surface area contributed by atoms with Crippen LogP contribution in [0.1, 0.15) is 13.8 Å². The summed E-state index contributed by atoms with van der Waals surface area (Å²) in [6.07, 6.45) is 1.38. The van der Waals surface area contributed by atoms with E-state index >= 15 is 0 Å². The van der Waals surface area contributed by atoms with Gasteiger partial charge in [-0.15, -0.1) is 0 Å². The van der Waals surface area contributed by atoms with Gasteiger partial charge in [-0.3, -0.25) is 0 Å². The van der Waals surface area contributed by atoms with Crippen molar-refractivity contribution < 1.29 is 24.5 Å². The minimum Gasteiger partial charge on any atom is -0.505 e. The highest BCUT2D eigenvalue weighted by Gasteiger charge is 1.90. The Morgan fingerprint density at radius 3 is 1.19 bits per heavy atom. The molecular formula is C11H18O5. The summed E-state index contributed by atoms with van der Waals surface area (Å²) in [5.74, 6) is -1.87. The molecule has 0 fully saturated rings. The highest BCUT2D eigenvalue weighted by atomic mass is 16.5. The second-order valence-electron chi connectivity index (χ2n) is 2.57. The molecule has 2 N–H and O–H groups in total. The molecule has 0 spiro atoms. The number of rotatable bonds is 3. The SMILES string of the molecule is C=C(C)C(=O)O.C=C(C)C(=O)O.C=COC. The predicted molar refractivity (Wildman–Crippen MR) is 62.1 cm³/mol. The summed E-state index contributed by atoms with van der Waals surface area (Å²) >= 11 is 0. The summed E-state index contributed by atoms with van der Waals surface area (Å²) in [5, 5.41) is 15.8. The average Bonchev–Trinajstić information content (AvgIpc) is 2.18. The van der Waals surface area contributed by atoms with E-state index in [0.717, 1.165) is 0 Å². The van der Waals surface area contributed by atoms with Crippen molar-refractivity contribution in [1.82, 2.24) is 0 Å². The van der Waals surface area contributed by atoms with Gasteiger partial charge in [0.15, 0.2) is 0 Å². The Balaban J connectivity index is -0.000000162. The van der Waals surface area contributed by atoms with E-state index in [1.54, 1.807) is 7.11 Å². The first-order valence-electron chi connectivity index (χ1n) is 4.11. The first-order valence-corrected chi connectivity index (χ1v) is 4.11. The topological polar surface area (TPSA) is 83.8 Å². The van der Waals surface area contributed by atoms with Gasteiger partial charge in [-0.25, -0.2) is 9.59 Å². The summed E-state index contributed by atoms with van der Waals surface area (Å²) < 4.78 is 4.31. The molecule has 0 aromatic carbocycles. The molecule has 0 unspecified atom stereocenters. The molecule has 0 aromatic heterocycles. The van der Waals surface area contributed by atoms with Crippen molar-refractivity contribution in [1.29, 1.82) is 0 Å². The van der Waals surface area contributed by atoms with Crippen molar-refractivity contribution in [3.05, 3.63) is 37.1 Å². The van der Waals surface area contributed by atoms with Crippen LogP contribution in [0.5, 0.6) is 0 Å². The van der Waals surface area contributed by atoms with E-state index < -0.39 is 11.9 Å². The maximum absolute atomic E-state index is 9.60. The van der Waals surface area contributed by atoms with E-state index in [1.165, 1.54) is 20.1 Å². The second-order valence-corrected chi connectivity index (χ2v) is 2.57.